The van der Waals surface area contributed by atoms with Gasteiger partial charge in [0, 0.05) is 13.1 Å². The van der Waals surface area contributed by atoms with Gasteiger partial charge in [-0.15, -0.1) is 0 Å². The molecule has 0 spiro atoms. The van der Waals surface area contributed by atoms with Gasteiger partial charge in [-0.3, -0.25) is 0 Å². The molecule has 1 heterocycles. The smallest absolute Gasteiger partial charge is 0.387 e. The topological polar surface area (TPSA) is 24.9 Å². The third-order valence-electron chi connectivity index (χ3n) is 1.40. The second-order valence-electron chi connectivity index (χ2n) is 2.30. The van der Waals surface area contributed by atoms with Crippen LogP contribution in [0, 0.1) is 5.82 Å². The zero-order valence-corrected chi connectivity index (χ0v) is 6.61. The van der Waals surface area contributed by atoms with E-state index in [2.05, 4.69) is 10.3 Å². The normalized spacial score (nSPS) is 11.5. The van der Waals surface area contributed by atoms with Gasteiger partial charge in [-0.05, 0) is 0 Å². The molecule has 1 rings (SSSR count). The summed E-state index contributed by atoms with van der Waals surface area (Å²) in [7, 11) is 1.46. The Morgan fingerprint density at radius 3 is 2.38 bits per heavy atom. The second kappa shape index (κ2) is 3.20. The van der Waals surface area contributed by atoms with Gasteiger partial charge in [-0.1, -0.05) is 0 Å². The van der Waals surface area contributed by atoms with Crippen LogP contribution >= 0.6 is 0 Å². The number of rotatable bonds is 1. The summed E-state index contributed by atoms with van der Waals surface area (Å²) in [5, 5.41) is 2.48. The summed E-state index contributed by atoms with van der Waals surface area (Å²) in [6.45, 7) is 0. The molecule has 1 aromatic heterocycles. The van der Waals surface area contributed by atoms with Gasteiger partial charge in [0.1, 0.15) is 0 Å². The molecule has 0 atom stereocenters. The Morgan fingerprint density at radius 2 is 2.00 bits per heavy atom. The highest BCUT2D eigenvalue weighted by molar-refractivity contribution is 5.41. The minimum Gasteiger partial charge on any atom is -0.387 e. The molecule has 0 aliphatic carbocycles. The molecule has 0 saturated carbocycles. The van der Waals surface area contributed by atoms with E-state index in [4.69, 9.17) is 0 Å². The van der Waals surface area contributed by atoms with Crippen LogP contribution in [0.3, 0.4) is 0 Å². The van der Waals surface area contributed by atoms with Crippen molar-refractivity contribution in [3.05, 3.63) is 23.8 Å². The first-order valence-corrected chi connectivity index (χ1v) is 3.35. The van der Waals surface area contributed by atoms with E-state index in [0.717, 1.165) is 12.3 Å². The molecule has 1 N–H and O–H groups in total. The second-order valence-corrected chi connectivity index (χ2v) is 2.30. The van der Waals surface area contributed by atoms with Crippen molar-refractivity contribution in [1.29, 1.82) is 0 Å². The maximum absolute atomic E-state index is 12.7. The van der Waals surface area contributed by atoms with Gasteiger partial charge < -0.3 is 5.32 Å². The number of aromatic nitrogens is 1. The maximum atomic E-state index is 12.7. The van der Waals surface area contributed by atoms with Crippen LogP contribution in [-0.2, 0) is 6.18 Å². The Kier molecular flexibility index (Phi) is 2.40. The number of anilines is 1. The van der Waals surface area contributed by atoms with E-state index in [1.165, 1.54) is 7.05 Å². The molecule has 72 valence electrons. The molecule has 6 heteroatoms. The Hall–Kier alpha value is -1.33. The van der Waals surface area contributed by atoms with Gasteiger partial charge in [0.2, 0.25) is 0 Å². The van der Waals surface area contributed by atoms with Crippen molar-refractivity contribution >= 4 is 5.69 Å². The first-order valence-electron chi connectivity index (χ1n) is 3.35. The highest BCUT2D eigenvalue weighted by atomic mass is 19.4. The van der Waals surface area contributed by atoms with Gasteiger partial charge in [-0.2, -0.15) is 13.2 Å². The third-order valence-corrected chi connectivity index (χ3v) is 1.40. The van der Waals surface area contributed by atoms with Crippen molar-refractivity contribution in [2.45, 2.75) is 6.18 Å². The largest absolute Gasteiger partial charge is 0.436 e. The first-order chi connectivity index (χ1) is 5.95. The molecule has 2 nitrogen and oxygen atoms in total. The molecule has 0 unspecified atom stereocenters. The van der Waals surface area contributed by atoms with Crippen molar-refractivity contribution in [3.63, 3.8) is 0 Å². The van der Waals surface area contributed by atoms with E-state index < -0.39 is 17.7 Å². The van der Waals surface area contributed by atoms with Crippen LogP contribution in [0.4, 0.5) is 23.2 Å². The fraction of sp³-hybridized carbons (Fsp3) is 0.286. The molecule has 0 fully saturated rings. The summed E-state index contributed by atoms with van der Waals surface area (Å²) in [6.07, 6.45) is -3.82. The average molecular weight is 194 g/mol. The highest BCUT2D eigenvalue weighted by Crippen LogP contribution is 2.30. The van der Waals surface area contributed by atoms with E-state index in [-0.39, 0.29) is 5.69 Å². The lowest BCUT2D eigenvalue weighted by atomic mass is 10.3. The van der Waals surface area contributed by atoms with E-state index in [9.17, 15) is 17.6 Å². The third kappa shape index (κ3) is 2.07. The lowest BCUT2D eigenvalue weighted by molar-refractivity contribution is -0.143. The van der Waals surface area contributed by atoms with Gasteiger partial charge in [-0.25, -0.2) is 9.37 Å². The highest BCUT2D eigenvalue weighted by Gasteiger charge is 2.35. The molecular weight excluding hydrogens is 188 g/mol. The van der Waals surface area contributed by atoms with Crippen LogP contribution in [0.2, 0.25) is 0 Å². The van der Waals surface area contributed by atoms with Crippen LogP contribution in [0.5, 0.6) is 0 Å². The van der Waals surface area contributed by atoms with Gasteiger partial charge in [0.05, 0.1) is 11.9 Å². The fourth-order valence-electron chi connectivity index (χ4n) is 0.783. The van der Waals surface area contributed by atoms with Crippen LogP contribution in [-0.4, -0.2) is 12.0 Å². The number of pyridine rings is 1. The quantitative estimate of drug-likeness (QED) is 0.693. The number of hydrogen-bond donors (Lipinski definition) is 1. The van der Waals surface area contributed by atoms with Crippen molar-refractivity contribution in [2.24, 2.45) is 0 Å². The summed E-state index contributed by atoms with van der Waals surface area (Å²) in [6, 6.07) is 0.746. The summed E-state index contributed by atoms with van der Waals surface area (Å²) in [5.41, 5.74) is -1.29. The predicted octanol–water partition coefficient (Wildman–Crippen LogP) is 2.28. The summed E-state index contributed by atoms with van der Waals surface area (Å²) in [5.74, 6) is -1.38. The molecule has 0 radical (unpaired) electrons. The molecule has 0 aliphatic rings. The predicted molar refractivity (Wildman–Crippen MR) is 38.7 cm³/mol. The summed E-state index contributed by atoms with van der Waals surface area (Å²) >= 11 is 0. The molecule has 0 bridgehead atoms. The zero-order chi connectivity index (χ0) is 10.1. The molecule has 0 aromatic carbocycles. The lowest BCUT2D eigenvalue weighted by Crippen LogP contribution is -2.11. The van der Waals surface area contributed by atoms with E-state index in [1.807, 2.05) is 0 Å². The number of halogens is 4. The molecular formula is C7H6F4N2. The van der Waals surface area contributed by atoms with Gasteiger partial charge >= 0.3 is 6.18 Å². The van der Waals surface area contributed by atoms with Crippen molar-refractivity contribution in [3.8, 4) is 0 Å². The summed E-state index contributed by atoms with van der Waals surface area (Å²) < 4.78 is 48.6. The Bertz CT molecular complexity index is 308. The number of alkyl halides is 3. The molecule has 13 heavy (non-hydrogen) atoms. The SMILES string of the molecule is CNc1cnc(C(F)(F)F)c(F)c1. The van der Waals surface area contributed by atoms with E-state index in [0.29, 0.717) is 0 Å². The average Bonchev–Trinajstić information content (AvgIpc) is 2.01. The molecule has 0 amide bonds. The minimum absolute atomic E-state index is 0.200. The Morgan fingerprint density at radius 1 is 1.38 bits per heavy atom. The van der Waals surface area contributed by atoms with Crippen LogP contribution in [0.1, 0.15) is 5.69 Å². The van der Waals surface area contributed by atoms with Crippen molar-refractivity contribution in [1.82, 2.24) is 4.98 Å². The van der Waals surface area contributed by atoms with Crippen molar-refractivity contribution in [2.75, 3.05) is 12.4 Å². The van der Waals surface area contributed by atoms with Crippen LogP contribution in [0.25, 0.3) is 0 Å². The van der Waals surface area contributed by atoms with Crippen molar-refractivity contribution < 1.29 is 17.6 Å². The van der Waals surface area contributed by atoms with Crippen LogP contribution < -0.4 is 5.32 Å². The van der Waals surface area contributed by atoms with E-state index in [1.54, 1.807) is 0 Å². The minimum atomic E-state index is -4.74. The Balaban J connectivity index is 3.13. The first kappa shape index (κ1) is 9.76. The zero-order valence-electron chi connectivity index (χ0n) is 6.61. The number of nitrogens with zero attached hydrogens (tertiary/aromatic N) is 1. The van der Waals surface area contributed by atoms with E-state index >= 15 is 0 Å². The Labute approximate surface area is 71.6 Å². The number of hydrogen-bond acceptors (Lipinski definition) is 2. The number of nitrogens with one attached hydrogen (secondary N) is 1. The standard InChI is InChI=1S/C7H6F4N2/c1-12-4-2-5(8)6(13-3-4)7(9,10)11/h2-3,12H,1H3. The molecule has 0 aliphatic heterocycles. The summed E-state index contributed by atoms with van der Waals surface area (Å²) in [4.78, 5) is 2.96. The maximum Gasteiger partial charge on any atom is 0.436 e. The molecule has 0 saturated heterocycles. The molecule has 1 aromatic rings. The van der Waals surface area contributed by atoms with Crippen LogP contribution in [0.15, 0.2) is 12.3 Å². The monoisotopic (exact) mass is 194 g/mol. The lowest BCUT2D eigenvalue weighted by Gasteiger charge is -2.07. The van der Waals surface area contributed by atoms with Gasteiger partial charge in [0.25, 0.3) is 0 Å². The fourth-order valence-corrected chi connectivity index (χ4v) is 0.783. The van der Waals surface area contributed by atoms with Gasteiger partial charge in [0.15, 0.2) is 11.5 Å².